The molecule has 0 bridgehead atoms. The fraction of sp³-hybridized carbons (Fsp3) is 0.333. The van der Waals surface area contributed by atoms with Crippen molar-refractivity contribution >= 4 is 12.0 Å². The Morgan fingerprint density at radius 1 is 1.10 bits per heavy atom. The van der Waals surface area contributed by atoms with Gasteiger partial charge in [0.05, 0.1) is 25.3 Å². The van der Waals surface area contributed by atoms with Crippen molar-refractivity contribution in [3.8, 4) is 11.5 Å². The van der Waals surface area contributed by atoms with Crippen molar-refractivity contribution in [3.63, 3.8) is 0 Å². The summed E-state index contributed by atoms with van der Waals surface area (Å²) in [7, 11) is 1.55. The van der Waals surface area contributed by atoms with Crippen LogP contribution in [0.2, 0.25) is 0 Å². The third-order valence-corrected chi connectivity index (χ3v) is 4.79. The minimum absolute atomic E-state index is 0.141. The molecule has 0 aromatic heterocycles. The van der Waals surface area contributed by atoms with Crippen LogP contribution >= 0.6 is 0 Å². The molecule has 1 aliphatic heterocycles. The van der Waals surface area contributed by atoms with E-state index < -0.39 is 12.0 Å². The molecule has 0 aliphatic carbocycles. The number of nitrogens with one attached hydrogen (secondary N) is 2. The number of hydrogen-bond acceptors (Lipinski definition) is 5. The summed E-state index contributed by atoms with van der Waals surface area (Å²) < 4.78 is 16.8. The van der Waals surface area contributed by atoms with E-state index in [1.807, 2.05) is 36.4 Å². The molecule has 0 saturated carbocycles. The monoisotopic (exact) mass is 424 g/mol. The van der Waals surface area contributed by atoms with Crippen LogP contribution in [0, 0.1) is 5.92 Å². The molecule has 7 nitrogen and oxygen atoms in total. The Morgan fingerprint density at radius 3 is 2.52 bits per heavy atom. The molecular weight excluding hydrogens is 396 g/mol. The lowest BCUT2D eigenvalue weighted by Gasteiger charge is -2.28. The Hall–Kier alpha value is -3.48. The van der Waals surface area contributed by atoms with Crippen molar-refractivity contribution in [1.29, 1.82) is 0 Å². The van der Waals surface area contributed by atoms with Crippen LogP contribution in [-0.2, 0) is 16.1 Å². The zero-order valence-electron chi connectivity index (χ0n) is 18.2. The molecular formula is C24H28N2O5. The maximum Gasteiger partial charge on any atom is 0.338 e. The van der Waals surface area contributed by atoms with Crippen LogP contribution in [0.25, 0.3) is 0 Å². The zero-order valence-corrected chi connectivity index (χ0v) is 18.2. The van der Waals surface area contributed by atoms with Crippen LogP contribution in [0.4, 0.5) is 4.79 Å². The molecule has 0 spiro atoms. The number of rotatable bonds is 8. The lowest BCUT2D eigenvalue weighted by Crippen LogP contribution is -2.45. The third kappa shape index (κ3) is 5.57. The summed E-state index contributed by atoms with van der Waals surface area (Å²) in [4.78, 5) is 25.1. The van der Waals surface area contributed by atoms with E-state index in [0.717, 1.165) is 5.56 Å². The SMILES string of the molecule is COc1cc(C2NC(=O)NC(C)=C2C(=O)OCc2ccccc2)ccc1OCC(C)C. The lowest BCUT2D eigenvalue weighted by atomic mass is 9.95. The van der Waals surface area contributed by atoms with E-state index in [1.54, 1.807) is 26.2 Å². The first kappa shape index (κ1) is 22.2. The van der Waals surface area contributed by atoms with Crippen molar-refractivity contribution < 1.29 is 23.8 Å². The first-order valence-electron chi connectivity index (χ1n) is 10.2. The van der Waals surface area contributed by atoms with Crippen LogP contribution in [-0.4, -0.2) is 25.7 Å². The van der Waals surface area contributed by atoms with E-state index >= 15 is 0 Å². The van der Waals surface area contributed by atoms with Gasteiger partial charge in [0.25, 0.3) is 0 Å². The Kier molecular flexibility index (Phi) is 7.18. The summed E-state index contributed by atoms with van der Waals surface area (Å²) in [6, 6.07) is 13.7. The van der Waals surface area contributed by atoms with E-state index in [0.29, 0.717) is 40.9 Å². The number of carbonyl (C=O) groups is 2. The predicted molar refractivity (Wildman–Crippen MR) is 117 cm³/mol. The molecule has 7 heteroatoms. The molecule has 2 aromatic rings. The minimum Gasteiger partial charge on any atom is -0.493 e. The van der Waals surface area contributed by atoms with Crippen LogP contribution < -0.4 is 20.1 Å². The number of hydrogen-bond donors (Lipinski definition) is 2. The molecule has 1 unspecified atom stereocenters. The largest absolute Gasteiger partial charge is 0.493 e. The van der Waals surface area contributed by atoms with Gasteiger partial charge in [-0.25, -0.2) is 9.59 Å². The van der Waals surface area contributed by atoms with Gasteiger partial charge in [0, 0.05) is 5.70 Å². The number of ether oxygens (including phenoxy) is 3. The standard InChI is InChI=1S/C24H28N2O5/c1-15(2)13-30-19-11-10-18(12-20(19)29-4)22-21(16(3)25-24(28)26-22)23(27)31-14-17-8-6-5-7-9-17/h5-12,15,22H,13-14H2,1-4H3,(H2,25,26,28). The molecule has 1 atom stereocenters. The molecule has 0 radical (unpaired) electrons. The van der Waals surface area contributed by atoms with E-state index in [4.69, 9.17) is 14.2 Å². The third-order valence-electron chi connectivity index (χ3n) is 4.79. The quantitative estimate of drug-likeness (QED) is 0.623. The molecule has 31 heavy (non-hydrogen) atoms. The van der Waals surface area contributed by atoms with Crippen LogP contribution in [0.15, 0.2) is 59.8 Å². The highest BCUT2D eigenvalue weighted by Gasteiger charge is 2.32. The second-order valence-electron chi connectivity index (χ2n) is 7.75. The van der Waals surface area contributed by atoms with E-state index in [-0.39, 0.29) is 12.6 Å². The summed E-state index contributed by atoms with van der Waals surface area (Å²) >= 11 is 0. The van der Waals surface area contributed by atoms with Crippen molar-refractivity contribution in [1.82, 2.24) is 10.6 Å². The first-order chi connectivity index (χ1) is 14.9. The molecule has 3 rings (SSSR count). The summed E-state index contributed by atoms with van der Waals surface area (Å²) in [5, 5.41) is 5.46. The second-order valence-corrected chi connectivity index (χ2v) is 7.75. The van der Waals surface area contributed by atoms with Gasteiger partial charge in [-0.05, 0) is 36.1 Å². The highest BCUT2D eigenvalue weighted by molar-refractivity contribution is 5.95. The van der Waals surface area contributed by atoms with Gasteiger partial charge >= 0.3 is 12.0 Å². The summed E-state index contributed by atoms with van der Waals surface area (Å²) in [5.74, 6) is 0.998. The first-order valence-corrected chi connectivity index (χ1v) is 10.2. The Morgan fingerprint density at radius 2 is 1.84 bits per heavy atom. The van der Waals surface area contributed by atoms with Gasteiger partial charge in [0.15, 0.2) is 11.5 Å². The number of urea groups is 1. The van der Waals surface area contributed by atoms with Crippen molar-refractivity contribution in [2.75, 3.05) is 13.7 Å². The summed E-state index contributed by atoms with van der Waals surface area (Å²) in [5.41, 5.74) is 2.36. The number of methoxy groups -OCH3 is 1. The fourth-order valence-electron chi connectivity index (χ4n) is 3.25. The second kappa shape index (κ2) is 10.0. The number of esters is 1. The van der Waals surface area contributed by atoms with Gasteiger partial charge in [-0.3, -0.25) is 0 Å². The number of carbonyl (C=O) groups excluding carboxylic acids is 2. The Balaban J connectivity index is 1.86. The van der Waals surface area contributed by atoms with Crippen molar-refractivity contribution in [2.45, 2.75) is 33.4 Å². The van der Waals surface area contributed by atoms with Gasteiger partial charge in [0.1, 0.15) is 6.61 Å². The smallest absolute Gasteiger partial charge is 0.338 e. The van der Waals surface area contributed by atoms with E-state index in [1.165, 1.54) is 0 Å². The lowest BCUT2D eigenvalue weighted by molar-refractivity contribution is -0.140. The van der Waals surface area contributed by atoms with Crippen LogP contribution in [0.5, 0.6) is 11.5 Å². The minimum atomic E-state index is -0.676. The zero-order chi connectivity index (χ0) is 22.4. The topological polar surface area (TPSA) is 85.9 Å². The van der Waals surface area contributed by atoms with Crippen molar-refractivity contribution in [2.24, 2.45) is 5.92 Å². The molecule has 2 amide bonds. The molecule has 0 fully saturated rings. The Bertz CT molecular complexity index is 969. The fourth-order valence-corrected chi connectivity index (χ4v) is 3.25. The van der Waals surface area contributed by atoms with Gasteiger partial charge in [-0.15, -0.1) is 0 Å². The van der Waals surface area contributed by atoms with Gasteiger partial charge in [0.2, 0.25) is 0 Å². The average molecular weight is 424 g/mol. The highest BCUT2D eigenvalue weighted by atomic mass is 16.5. The summed E-state index contributed by atoms with van der Waals surface area (Å²) in [6.45, 7) is 6.50. The van der Waals surface area contributed by atoms with Gasteiger partial charge in [-0.1, -0.05) is 50.2 Å². The molecule has 164 valence electrons. The summed E-state index contributed by atoms with van der Waals surface area (Å²) in [6.07, 6.45) is 0. The number of allylic oxidation sites excluding steroid dienone is 1. The van der Waals surface area contributed by atoms with E-state index in [9.17, 15) is 9.59 Å². The molecule has 2 aromatic carbocycles. The molecule has 1 aliphatic rings. The molecule has 0 saturated heterocycles. The molecule has 2 N–H and O–H groups in total. The highest BCUT2D eigenvalue weighted by Crippen LogP contribution is 2.34. The van der Waals surface area contributed by atoms with E-state index in [2.05, 4.69) is 24.5 Å². The van der Waals surface area contributed by atoms with Gasteiger partial charge in [-0.2, -0.15) is 0 Å². The predicted octanol–water partition coefficient (Wildman–Crippen LogP) is 4.10. The van der Waals surface area contributed by atoms with Crippen molar-refractivity contribution in [3.05, 3.63) is 70.9 Å². The maximum atomic E-state index is 12.9. The van der Waals surface area contributed by atoms with Crippen LogP contribution in [0.1, 0.15) is 37.9 Å². The number of benzene rings is 2. The molecule has 1 heterocycles. The van der Waals surface area contributed by atoms with Crippen LogP contribution in [0.3, 0.4) is 0 Å². The maximum absolute atomic E-state index is 12.9. The normalized spacial score (nSPS) is 15.9. The van der Waals surface area contributed by atoms with Gasteiger partial charge < -0.3 is 24.8 Å². The number of amides is 2. The average Bonchev–Trinajstić information content (AvgIpc) is 2.76. The Labute approximate surface area is 182 Å².